The number of nitrogens with one attached hydrogen (secondary N) is 1. The Hall–Kier alpha value is -2.93. The van der Waals surface area contributed by atoms with Crippen molar-refractivity contribution < 1.29 is 19.5 Å². The third kappa shape index (κ3) is 4.30. The standard InChI is InChI=1S/C16H14ClN3O4/c17-11-4-2-1-3-10(11)13(7-14(21)22)20-16(24)12-6-5-9(8-19-12)15(18)23/h1-6,8,13H,7H2,(H2,18,23)(H,20,24)(H,21,22)/t13-/m1/s1. The third-order valence-electron chi connectivity index (χ3n) is 3.25. The number of carbonyl (C=O) groups excluding carboxylic acids is 2. The minimum Gasteiger partial charge on any atom is -0.481 e. The van der Waals surface area contributed by atoms with E-state index in [1.165, 1.54) is 18.3 Å². The first kappa shape index (κ1) is 17.4. The maximum absolute atomic E-state index is 12.3. The number of aliphatic carboxylic acids is 1. The van der Waals surface area contributed by atoms with Crippen molar-refractivity contribution in [1.82, 2.24) is 10.3 Å². The predicted molar refractivity (Wildman–Crippen MR) is 86.7 cm³/mol. The number of halogens is 1. The van der Waals surface area contributed by atoms with Crippen LogP contribution in [0.25, 0.3) is 0 Å². The number of primary amides is 1. The van der Waals surface area contributed by atoms with E-state index in [2.05, 4.69) is 10.3 Å². The van der Waals surface area contributed by atoms with Crippen molar-refractivity contribution in [3.8, 4) is 0 Å². The number of nitrogens with two attached hydrogens (primary N) is 1. The molecular weight excluding hydrogens is 334 g/mol. The topological polar surface area (TPSA) is 122 Å². The second-order valence-electron chi connectivity index (χ2n) is 4.94. The summed E-state index contributed by atoms with van der Waals surface area (Å²) in [6, 6.07) is 8.53. The highest BCUT2D eigenvalue weighted by molar-refractivity contribution is 6.31. The van der Waals surface area contributed by atoms with Crippen molar-refractivity contribution in [2.75, 3.05) is 0 Å². The molecule has 0 saturated carbocycles. The lowest BCUT2D eigenvalue weighted by molar-refractivity contribution is -0.137. The fourth-order valence-electron chi connectivity index (χ4n) is 2.08. The van der Waals surface area contributed by atoms with Crippen molar-refractivity contribution in [2.24, 2.45) is 5.73 Å². The molecule has 2 rings (SSSR count). The van der Waals surface area contributed by atoms with Crippen LogP contribution in [-0.4, -0.2) is 27.9 Å². The number of pyridine rings is 1. The largest absolute Gasteiger partial charge is 0.481 e. The molecule has 1 heterocycles. The number of rotatable bonds is 6. The van der Waals surface area contributed by atoms with Gasteiger partial charge in [0.2, 0.25) is 5.91 Å². The van der Waals surface area contributed by atoms with E-state index >= 15 is 0 Å². The van der Waals surface area contributed by atoms with Crippen molar-refractivity contribution in [2.45, 2.75) is 12.5 Å². The normalized spacial score (nSPS) is 11.5. The van der Waals surface area contributed by atoms with Gasteiger partial charge in [0.05, 0.1) is 18.0 Å². The van der Waals surface area contributed by atoms with E-state index in [1.807, 2.05) is 0 Å². The van der Waals surface area contributed by atoms with Gasteiger partial charge in [0.25, 0.3) is 5.91 Å². The molecule has 0 saturated heterocycles. The Morgan fingerprint density at radius 1 is 1.21 bits per heavy atom. The van der Waals surface area contributed by atoms with Gasteiger partial charge in [-0.1, -0.05) is 29.8 Å². The number of aromatic nitrogens is 1. The lowest BCUT2D eigenvalue weighted by Crippen LogP contribution is -2.31. The Bertz CT molecular complexity index is 777. The van der Waals surface area contributed by atoms with Gasteiger partial charge in [-0.25, -0.2) is 0 Å². The monoisotopic (exact) mass is 347 g/mol. The molecule has 4 N–H and O–H groups in total. The Labute approximate surface area is 142 Å². The molecule has 0 unspecified atom stereocenters. The molecule has 2 amide bonds. The molecule has 0 fully saturated rings. The molecule has 1 aromatic heterocycles. The second-order valence-corrected chi connectivity index (χ2v) is 5.35. The number of carbonyl (C=O) groups is 3. The van der Waals surface area contributed by atoms with Crippen molar-refractivity contribution in [1.29, 1.82) is 0 Å². The maximum Gasteiger partial charge on any atom is 0.305 e. The van der Waals surface area contributed by atoms with Gasteiger partial charge in [-0.3, -0.25) is 19.4 Å². The second kappa shape index (κ2) is 7.56. The molecule has 8 heteroatoms. The lowest BCUT2D eigenvalue weighted by Gasteiger charge is -2.18. The zero-order valence-corrected chi connectivity index (χ0v) is 13.2. The molecule has 1 aromatic carbocycles. The molecule has 7 nitrogen and oxygen atoms in total. The highest BCUT2D eigenvalue weighted by Gasteiger charge is 2.21. The van der Waals surface area contributed by atoms with Crippen LogP contribution in [0, 0.1) is 0 Å². The number of carboxylic acids is 1. The summed E-state index contributed by atoms with van der Waals surface area (Å²) in [6.45, 7) is 0. The number of nitrogens with zero attached hydrogens (tertiary/aromatic N) is 1. The highest BCUT2D eigenvalue weighted by atomic mass is 35.5. The molecule has 0 bridgehead atoms. The van der Waals surface area contributed by atoms with Crippen LogP contribution in [0.2, 0.25) is 5.02 Å². The average Bonchev–Trinajstić information content (AvgIpc) is 2.54. The summed E-state index contributed by atoms with van der Waals surface area (Å²) in [5.41, 5.74) is 5.79. The van der Waals surface area contributed by atoms with Gasteiger partial charge in [-0.2, -0.15) is 0 Å². The van der Waals surface area contributed by atoms with E-state index in [-0.39, 0.29) is 17.7 Å². The molecule has 0 aliphatic carbocycles. The molecule has 24 heavy (non-hydrogen) atoms. The van der Waals surface area contributed by atoms with E-state index in [0.717, 1.165) is 0 Å². The summed E-state index contributed by atoms with van der Waals surface area (Å²) >= 11 is 6.08. The number of carboxylic acid groups (broad SMARTS) is 1. The van der Waals surface area contributed by atoms with E-state index in [4.69, 9.17) is 22.4 Å². The minimum atomic E-state index is -1.09. The van der Waals surface area contributed by atoms with Crippen LogP contribution in [-0.2, 0) is 4.79 Å². The van der Waals surface area contributed by atoms with Crippen LogP contribution in [0.5, 0.6) is 0 Å². The van der Waals surface area contributed by atoms with Crippen molar-refractivity contribution in [3.05, 3.63) is 64.4 Å². The lowest BCUT2D eigenvalue weighted by atomic mass is 10.0. The molecular formula is C16H14ClN3O4. The van der Waals surface area contributed by atoms with Crippen LogP contribution in [0.1, 0.15) is 38.9 Å². The van der Waals surface area contributed by atoms with Crippen molar-refractivity contribution in [3.63, 3.8) is 0 Å². The Balaban J connectivity index is 2.22. The summed E-state index contributed by atoms with van der Waals surface area (Å²) in [5, 5.41) is 12.0. The molecule has 0 aliphatic heterocycles. The van der Waals surface area contributed by atoms with Gasteiger partial charge < -0.3 is 16.2 Å². The summed E-state index contributed by atoms with van der Waals surface area (Å²) in [7, 11) is 0. The minimum absolute atomic E-state index is 0.0300. The summed E-state index contributed by atoms with van der Waals surface area (Å²) in [6.07, 6.45) is 0.841. The summed E-state index contributed by atoms with van der Waals surface area (Å²) < 4.78 is 0. The predicted octanol–water partition coefficient (Wildman–Crippen LogP) is 1.78. The molecule has 0 radical (unpaired) electrons. The Morgan fingerprint density at radius 2 is 1.92 bits per heavy atom. The van der Waals surface area contributed by atoms with E-state index < -0.39 is 23.8 Å². The van der Waals surface area contributed by atoms with Crippen LogP contribution in [0.15, 0.2) is 42.6 Å². The number of hydrogen-bond donors (Lipinski definition) is 3. The summed E-state index contributed by atoms with van der Waals surface area (Å²) in [5.74, 6) is -2.33. The maximum atomic E-state index is 12.3. The number of amides is 2. The van der Waals surface area contributed by atoms with Crippen LogP contribution >= 0.6 is 11.6 Å². The van der Waals surface area contributed by atoms with Crippen LogP contribution in [0.4, 0.5) is 0 Å². The zero-order chi connectivity index (χ0) is 17.7. The number of hydrogen-bond acceptors (Lipinski definition) is 4. The smallest absolute Gasteiger partial charge is 0.305 e. The van der Waals surface area contributed by atoms with Crippen LogP contribution < -0.4 is 11.1 Å². The van der Waals surface area contributed by atoms with Gasteiger partial charge in [-0.15, -0.1) is 0 Å². The van der Waals surface area contributed by atoms with E-state index in [9.17, 15) is 14.4 Å². The first-order chi connectivity index (χ1) is 11.4. The van der Waals surface area contributed by atoms with Crippen molar-refractivity contribution >= 4 is 29.4 Å². The Morgan fingerprint density at radius 3 is 2.46 bits per heavy atom. The van der Waals surface area contributed by atoms with Gasteiger partial charge in [0.15, 0.2) is 0 Å². The SMILES string of the molecule is NC(=O)c1ccc(C(=O)N[C@H](CC(=O)O)c2ccccc2Cl)nc1. The molecule has 124 valence electrons. The molecule has 2 aromatic rings. The van der Waals surface area contributed by atoms with Gasteiger partial charge >= 0.3 is 5.97 Å². The van der Waals surface area contributed by atoms with Gasteiger partial charge in [0.1, 0.15) is 5.69 Å². The average molecular weight is 348 g/mol. The first-order valence-electron chi connectivity index (χ1n) is 6.91. The highest BCUT2D eigenvalue weighted by Crippen LogP contribution is 2.25. The van der Waals surface area contributed by atoms with Gasteiger partial charge in [0, 0.05) is 11.2 Å². The van der Waals surface area contributed by atoms with Gasteiger partial charge in [-0.05, 0) is 23.8 Å². The van der Waals surface area contributed by atoms with Crippen LogP contribution in [0.3, 0.4) is 0 Å². The fraction of sp³-hybridized carbons (Fsp3) is 0.125. The Kier molecular flexibility index (Phi) is 5.49. The third-order valence-corrected chi connectivity index (χ3v) is 3.59. The quantitative estimate of drug-likeness (QED) is 0.735. The summed E-state index contributed by atoms with van der Waals surface area (Å²) in [4.78, 5) is 38.2. The number of benzene rings is 1. The molecule has 0 aliphatic rings. The zero-order valence-electron chi connectivity index (χ0n) is 12.4. The fourth-order valence-corrected chi connectivity index (χ4v) is 2.34. The molecule has 1 atom stereocenters. The first-order valence-corrected chi connectivity index (χ1v) is 7.29. The van der Waals surface area contributed by atoms with E-state index in [1.54, 1.807) is 24.3 Å². The molecule has 0 spiro atoms. The van der Waals surface area contributed by atoms with E-state index in [0.29, 0.717) is 10.6 Å².